The van der Waals surface area contributed by atoms with E-state index in [1.165, 1.54) is 0 Å². The van der Waals surface area contributed by atoms with Crippen LogP contribution in [0.4, 0.5) is 5.82 Å². The number of halogens is 3. The number of amides is 1. The summed E-state index contributed by atoms with van der Waals surface area (Å²) < 4.78 is 0. The molecule has 0 N–H and O–H groups in total. The van der Waals surface area contributed by atoms with Crippen LogP contribution in [-0.4, -0.2) is 47.0 Å². The fraction of sp³-hybridized carbons (Fsp3) is 0.471. The molecule has 0 saturated carbocycles. The fourth-order valence-corrected chi connectivity index (χ4v) is 3.63. The normalized spacial score (nSPS) is 17.6. The first kappa shape index (κ1) is 18.5. The second-order valence-electron chi connectivity index (χ2n) is 6.59. The number of rotatable bonds is 3. The SMILES string of the molecule is CC(C)C(=O)N(C)[C@H]1CCN(c2nc3cc(Cl)c(Cl)cc3nc2Cl)C1. The summed E-state index contributed by atoms with van der Waals surface area (Å²) in [5, 5.41) is 1.17. The van der Waals surface area contributed by atoms with Gasteiger partial charge in [-0.1, -0.05) is 48.7 Å². The Kier molecular flexibility index (Phi) is 5.28. The highest BCUT2D eigenvalue weighted by Crippen LogP contribution is 2.32. The van der Waals surface area contributed by atoms with E-state index in [1.54, 1.807) is 12.1 Å². The number of hydrogen-bond donors (Lipinski definition) is 0. The smallest absolute Gasteiger partial charge is 0.225 e. The van der Waals surface area contributed by atoms with Gasteiger partial charge >= 0.3 is 0 Å². The van der Waals surface area contributed by atoms with Crippen molar-refractivity contribution in [3.63, 3.8) is 0 Å². The minimum absolute atomic E-state index is 0.0185. The molecule has 1 atom stereocenters. The van der Waals surface area contributed by atoms with Crippen LogP contribution in [0.5, 0.6) is 0 Å². The molecule has 0 aliphatic carbocycles. The Labute approximate surface area is 161 Å². The quantitative estimate of drug-likeness (QED) is 0.770. The Morgan fingerprint density at radius 1 is 1.20 bits per heavy atom. The molecule has 0 spiro atoms. The van der Waals surface area contributed by atoms with Crippen molar-refractivity contribution in [2.45, 2.75) is 26.3 Å². The molecule has 3 rings (SSSR count). The maximum atomic E-state index is 12.2. The standard InChI is InChI=1S/C17H19Cl3N4O/c1-9(2)17(25)23(3)10-4-5-24(8-10)16-15(20)21-13-6-11(18)12(19)7-14(13)22-16/h6-7,9-10H,4-5,8H2,1-3H3/t10-/m0/s1. The highest BCUT2D eigenvalue weighted by molar-refractivity contribution is 6.42. The summed E-state index contributed by atoms with van der Waals surface area (Å²) >= 11 is 18.4. The number of fused-ring (bicyclic) bond motifs is 1. The molecule has 2 heterocycles. The number of carbonyl (C=O) groups excluding carboxylic acids is 1. The third-order valence-corrected chi connectivity index (χ3v) is 5.47. The lowest BCUT2D eigenvalue weighted by Gasteiger charge is -2.27. The van der Waals surface area contributed by atoms with Gasteiger partial charge in [0, 0.05) is 26.1 Å². The topological polar surface area (TPSA) is 49.3 Å². The van der Waals surface area contributed by atoms with Crippen LogP contribution in [0.1, 0.15) is 20.3 Å². The molecule has 1 amide bonds. The molecule has 0 bridgehead atoms. The molecule has 5 nitrogen and oxygen atoms in total. The summed E-state index contributed by atoms with van der Waals surface area (Å²) in [5.41, 5.74) is 1.25. The molecule has 134 valence electrons. The van der Waals surface area contributed by atoms with Gasteiger partial charge in [0.05, 0.1) is 27.1 Å². The van der Waals surface area contributed by atoms with E-state index in [1.807, 2.05) is 25.8 Å². The molecule has 1 aliphatic heterocycles. The zero-order chi connectivity index (χ0) is 18.3. The van der Waals surface area contributed by atoms with Crippen molar-refractivity contribution < 1.29 is 4.79 Å². The summed E-state index contributed by atoms with van der Waals surface area (Å²) in [7, 11) is 1.85. The van der Waals surface area contributed by atoms with Crippen LogP contribution in [0, 0.1) is 5.92 Å². The van der Waals surface area contributed by atoms with Crippen molar-refractivity contribution in [2.75, 3.05) is 25.0 Å². The predicted molar refractivity (Wildman–Crippen MR) is 103 cm³/mol. The molecule has 2 aromatic rings. The first-order chi connectivity index (χ1) is 11.8. The lowest BCUT2D eigenvalue weighted by molar-refractivity contribution is -0.134. The van der Waals surface area contributed by atoms with Gasteiger partial charge in [-0.2, -0.15) is 0 Å². The zero-order valence-corrected chi connectivity index (χ0v) is 16.5. The van der Waals surface area contributed by atoms with Crippen LogP contribution in [0.3, 0.4) is 0 Å². The molecule has 8 heteroatoms. The summed E-state index contributed by atoms with van der Waals surface area (Å²) in [5.74, 6) is 0.736. The number of likely N-dealkylation sites (N-methyl/N-ethyl adjacent to an activating group) is 1. The van der Waals surface area contributed by atoms with Crippen molar-refractivity contribution in [2.24, 2.45) is 5.92 Å². The maximum absolute atomic E-state index is 12.2. The molecular formula is C17H19Cl3N4O. The summed E-state index contributed by atoms with van der Waals surface area (Å²) in [6, 6.07) is 3.48. The molecule has 1 aromatic heterocycles. The van der Waals surface area contributed by atoms with Gasteiger partial charge < -0.3 is 9.80 Å². The molecule has 1 saturated heterocycles. The van der Waals surface area contributed by atoms with Crippen molar-refractivity contribution in [1.29, 1.82) is 0 Å². The van der Waals surface area contributed by atoms with Crippen LogP contribution in [0.15, 0.2) is 12.1 Å². The van der Waals surface area contributed by atoms with Crippen LogP contribution < -0.4 is 4.90 Å². The number of anilines is 1. The molecule has 1 fully saturated rings. The van der Waals surface area contributed by atoms with E-state index >= 15 is 0 Å². The number of carbonyl (C=O) groups is 1. The van der Waals surface area contributed by atoms with Crippen LogP contribution in [0.25, 0.3) is 11.0 Å². The van der Waals surface area contributed by atoms with Crippen molar-refractivity contribution in [3.05, 3.63) is 27.3 Å². The van der Waals surface area contributed by atoms with Crippen molar-refractivity contribution in [1.82, 2.24) is 14.9 Å². The largest absolute Gasteiger partial charge is 0.352 e. The second-order valence-corrected chi connectivity index (χ2v) is 7.76. The maximum Gasteiger partial charge on any atom is 0.225 e. The number of aromatic nitrogens is 2. The zero-order valence-electron chi connectivity index (χ0n) is 14.3. The van der Waals surface area contributed by atoms with E-state index in [0.717, 1.165) is 13.0 Å². The highest BCUT2D eigenvalue weighted by Gasteiger charge is 2.31. The summed E-state index contributed by atoms with van der Waals surface area (Å²) in [6.07, 6.45) is 0.867. The van der Waals surface area contributed by atoms with E-state index in [4.69, 9.17) is 34.8 Å². The predicted octanol–water partition coefficient (Wildman–Crippen LogP) is 4.28. The monoisotopic (exact) mass is 400 g/mol. The third-order valence-electron chi connectivity index (χ3n) is 4.50. The Hall–Kier alpha value is -1.30. The van der Waals surface area contributed by atoms with Gasteiger partial charge in [-0.15, -0.1) is 0 Å². The van der Waals surface area contributed by atoms with Gasteiger partial charge in [0.2, 0.25) is 5.91 Å². The van der Waals surface area contributed by atoms with Crippen LogP contribution in [-0.2, 0) is 4.79 Å². The van der Waals surface area contributed by atoms with Gasteiger partial charge in [0.1, 0.15) is 0 Å². The fourth-order valence-electron chi connectivity index (χ4n) is 3.06. The number of nitrogens with zero attached hydrogens (tertiary/aromatic N) is 4. The van der Waals surface area contributed by atoms with E-state index in [9.17, 15) is 4.79 Å². The van der Waals surface area contributed by atoms with Gasteiger partial charge in [0.25, 0.3) is 0 Å². The van der Waals surface area contributed by atoms with Crippen LogP contribution >= 0.6 is 34.8 Å². The Morgan fingerprint density at radius 3 is 2.40 bits per heavy atom. The van der Waals surface area contributed by atoms with E-state index in [-0.39, 0.29) is 17.9 Å². The minimum atomic E-state index is -0.0185. The van der Waals surface area contributed by atoms with E-state index in [0.29, 0.717) is 38.6 Å². The molecule has 25 heavy (non-hydrogen) atoms. The highest BCUT2D eigenvalue weighted by atomic mass is 35.5. The van der Waals surface area contributed by atoms with Crippen LogP contribution in [0.2, 0.25) is 15.2 Å². The lowest BCUT2D eigenvalue weighted by Crippen LogP contribution is -2.41. The van der Waals surface area contributed by atoms with Crippen molar-refractivity contribution >= 4 is 57.6 Å². The number of hydrogen-bond acceptors (Lipinski definition) is 4. The van der Waals surface area contributed by atoms with Gasteiger partial charge in [0.15, 0.2) is 11.0 Å². The Bertz CT molecular complexity index is 827. The summed E-state index contributed by atoms with van der Waals surface area (Å²) in [6.45, 7) is 5.26. The first-order valence-corrected chi connectivity index (χ1v) is 9.25. The van der Waals surface area contributed by atoms with E-state index < -0.39 is 0 Å². The molecule has 0 radical (unpaired) electrons. The average molecular weight is 402 g/mol. The van der Waals surface area contributed by atoms with E-state index in [2.05, 4.69) is 14.9 Å². The number of benzene rings is 1. The first-order valence-electron chi connectivity index (χ1n) is 8.12. The Balaban J connectivity index is 1.86. The van der Waals surface area contributed by atoms with Gasteiger partial charge in [-0.3, -0.25) is 4.79 Å². The van der Waals surface area contributed by atoms with Crippen molar-refractivity contribution in [3.8, 4) is 0 Å². The molecule has 1 aromatic carbocycles. The third kappa shape index (κ3) is 3.64. The van der Waals surface area contributed by atoms with Gasteiger partial charge in [-0.25, -0.2) is 9.97 Å². The summed E-state index contributed by atoms with van der Waals surface area (Å²) in [4.78, 5) is 25.1. The molecular weight excluding hydrogens is 383 g/mol. The lowest BCUT2D eigenvalue weighted by atomic mass is 10.1. The Morgan fingerprint density at radius 2 is 1.80 bits per heavy atom. The minimum Gasteiger partial charge on any atom is -0.352 e. The average Bonchev–Trinajstić information content (AvgIpc) is 3.04. The molecule has 1 aliphatic rings. The van der Waals surface area contributed by atoms with Gasteiger partial charge in [-0.05, 0) is 18.6 Å². The molecule has 0 unspecified atom stereocenters. The second kappa shape index (κ2) is 7.14.